The van der Waals surface area contributed by atoms with Crippen molar-refractivity contribution in [3.63, 3.8) is 0 Å². The van der Waals surface area contributed by atoms with Crippen LogP contribution in [0.3, 0.4) is 0 Å². The fourth-order valence-electron chi connectivity index (χ4n) is 8.68. The van der Waals surface area contributed by atoms with Gasteiger partial charge in [0.15, 0.2) is 0 Å². The molecule has 8 aromatic rings. The Hall–Kier alpha value is -5.64. The standard InChI is InChI=1S/C60H65N4O.Pt/c1-38-20-18-21-39(2)55(38)49-36-47(37-53-56(49)48-24-16-17-25-51(48)64(53)54-34-41(28-29-61-54)58(6,7)8)65-46-23-19-22-45(35-46)63(15)52-27-26-40(57(3,4)5)33-50(52)62-44-31-42(59(9,10)11)30-43(32-44)60(12,13)14;/h16-34,36,62H,15H2,1-14H3;/q-3;. The molecular weight excluding hydrogens is 988 g/mol. The van der Waals surface area contributed by atoms with Gasteiger partial charge in [-0.15, -0.1) is 41.6 Å². The van der Waals surface area contributed by atoms with E-state index in [1.807, 2.05) is 29.3 Å². The van der Waals surface area contributed by atoms with Crippen molar-refractivity contribution < 1.29 is 25.8 Å². The third kappa shape index (κ3) is 9.75. The summed E-state index contributed by atoms with van der Waals surface area (Å²) in [5.74, 6) is 1.98. The fraction of sp³-hybridized carbons (Fsp3) is 0.300. The monoisotopic (exact) mass is 1050 g/mol. The zero-order valence-corrected chi connectivity index (χ0v) is 43.6. The number of rotatable bonds is 8. The Bertz CT molecular complexity index is 3020. The molecular formula is C60H65N4OPt-3. The van der Waals surface area contributed by atoms with Crippen molar-refractivity contribution in [2.75, 3.05) is 10.2 Å². The van der Waals surface area contributed by atoms with E-state index in [1.165, 1.54) is 38.9 Å². The van der Waals surface area contributed by atoms with Crippen LogP contribution in [-0.2, 0) is 42.7 Å². The average molecular weight is 1050 g/mol. The number of nitrogens with zero attached hydrogens (tertiary/aromatic N) is 3. The van der Waals surface area contributed by atoms with Crippen molar-refractivity contribution in [1.82, 2.24) is 9.55 Å². The molecule has 0 unspecified atom stereocenters. The van der Waals surface area contributed by atoms with Gasteiger partial charge in [-0.25, -0.2) is 4.98 Å². The topological polar surface area (TPSA) is 42.3 Å². The summed E-state index contributed by atoms with van der Waals surface area (Å²) in [6.07, 6.45) is 1.91. The average Bonchev–Trinajstić information content (AvgIpc) is 3.56. The van der Waals surface area contributed by atoms with Gasteiger partial charge in [0, 0.05) is 55.7 Å². The quantitative estimate of drug-likeness (QED) is 0.154. The minimum absolute atomic E-state index is 0. The van der Waals surface area contributed by atoms with Crippen LogP contribution in [-0.4, -0.2) is 9.55 Å². The molecule has 5 nitrogen and oxygen atoms in total. The maximum atomic E-state index is 6.88. The van der Waals surface area contributed by atoms with E-state index in [0.29, 0.717) is 11.5 Å². The van der Waals surface area contributed by atoms with Gasteiger partial charge in [0.2, 0.25) is 0 Å². The molecule has 0 aliphatic carbocycles. The smallest absolute Gasteiger partial charge is 0.135 e. The molecule has 0 saturated carbocycles. The number of ether oxygens (including phenoxy) is 1. The second kappa shape index (κ2) is 17.9. The normalized spacial score (nSPS) is 12.3. The summed E-state index contributed by atoms with van der Waals surface area (Å²) in [7, 11) is 4.63. The Kier molecular flexibility index (Phi) is 13.1. The van der Waals surface area contributed by atoms with Gasteiger partial charge in [-0.3, -0.25) is 7.05 Å². The van der Waals surface area contributed by atoms with Crippen LogP contribution in [0.4, 0.5) is 22.7 Å². The van der Waals surface area contributed by atoms with Crippen LogP contribution in [0.2, 0.25) is 0 Å². The minimum Gasteiger partial charge on any atom is -0.516 e. The van der Waals surface area contributed by atoms with Gasteiger partial charge >= 0.3 is 0 Å². The molecule has 66 heavy (non-hydrogen) atoms. The van der Waals surface area contributed by atoms with Crippen molar-refractivity contribution in [2.45, 2.75) is 119 Å². The van der Waals surface area contributed by atoms with Crippen molar-refractivity contribution in [1.29, 1.82) is 0 Å². The van der Waals surface area contributed by atoms with E-state index in [-0.39, 0.29) is 42.7 Å². The summed E-state index contributed by atoms with van der Waals surface area (Å²) in [4.78, 5) is 6.91. The summed E-state index contributed by atoms with van der Waals surface area (Å²) in [5, 5.41) is 6.11. The van der Waals surface area contributed by atoms with Crippen LogP contribution < -0.4 is 15.0 Å². The molecule has 0 saturated heterocycles. The predicted molar refractivity (Wildman–Crippen MR) is 276 cm³/mol. The van der Waals surface area contributed by atoms with E-state index in [0.717, 1.165) is 55.9 Å². The molecule has 6 aromatic carbocycles. The van der Waals surface area contributed by atoms with Gasteiger partial charge in [0.1, 0.15) is 5.82 Å². The maximum absolute atomic E-state index is 6.88. The summed E-state index contributed by atoms with van der Waals surface area (Å²) in [6, 6.07) is 48.4. The Labute approximate surface area is 408 Å². The Morgan fingerprint density at radius 1 is 0.606 bits per heavy atom. The molecule has 0 amide bonds. The number of para-hydroxylation sites is 1. The van der Waals surface area contributed by atoms with E-state index in [2.05, 4.69) is 223 Å². The fourth-order valence-corrected chi connectivity index (χ4v) is 8.68. The van der Waals surface area contributed by atoms with Crippen LogP contribution in [0.1, 0.15) is 116 Å². The molecule has 0 radical (unpaired) electrons. The van der Waals surface area contributed by atoms with E-state index >= 15 is 0 Å². The third-order valence-corrected chi connectivity index (χ3v) is 12.6. The third-order valence-electron chi connectivity index (χ3n) is 12.6. The number of hydrogen-bond acceptors (Lipinski definition) is 4. The van der Waals surface area contributed by atoms with Crippen LogP contribution in [0.15, 0.2) is 121 Å². The molecule has 2 heterocycles. The van der Waals surface area contributed by atoms with Crippen molar-refractivity contribution in [2.24, 2.45) is 0 Å². The zero-order valence-electron chi connectivity index (χ0n) is 41.3. The predicted octanol–water partition coefficient (Wildman–Crippen LogP) is 16.7. The number of pyridine rings is 1. The van der Waals surface area contributed by atoms with Gasteiger partial charge in [-0.2, -0.15) is 6.07 Å². The molecule has 0 bridgehead atoms. The number of fused-ring (bicyclic) bond motifs is 3. The summed E-state index contributed by atoms with van der Waals surface area (Å²) in [5.41, 5.74) is 15.2. The van der Waals surface area contributed by atoms with Crippen LogP contribution in [0, 0.1) is 33.0 Å². The van der Waals surface area contributed by atoms with E-state index in [4.69, 9.17) is 9.72 Å². The molecule has 0 fully saturated rings. The molecule has 0 aliphatic heterocycles. The zero-order chi connectivity index (χ0) is 46.8. The molecule has 6 heteroatoms. The van der Waals surface area contributed by atoms with Crippen molar-refractivity contribution in [3.8, 4) is 28.4 Å². The van der Waals surface area contributed by atoms with Crippen LogP contribution in [0.25, 0.3) is 38.8 Å². The van der Waals surface area contributed by atoms with Crippen LogP contribution >= 0.6 is 0 Å². The number of hydrogen-bond donors (Lipinski definition) is 1. The molecule has 0 atom stereocenters. The molecule has 0 aliphatic rings. The van der Waals surface area contributed by atoms with Crippen molar-refractivity contribution >= 4 is 44.6 Å². The summed E-state index contributed by atoms with van der Waals surface area (Å²) in [6.45, 7) is 31.5. The molecule has 0 spiro atoms. The Balaban J connectivity index is 0.00000648. The first-order valence-corrected chi connectivity index (χ1v) is 22.9. The number of aromatic nitrogens is 2. The van der Waals surface area contributed by atoms with E-state index < -0.39 is 0 Å². The maximum Gasteiger partial charge on any atom is 0.135 e. The van der Waals surface area contributed by atoms with Gasteiger partial charge in [0.25, 0.3) is 0 Å². The van der Waals surface area contributed by atoms with Crippen molar-refractivity contribution in [3.05, 3.63) is 174 Å². The van der Waals surface area contributed by atoms with Gasteiger partial charge in [-0.05, 0) is 122 Å². The van der Waals surface area contributed by atoms with Gasteiger partial charge < -0.3 is 19.5 Å². The first kappa shape index (κ1) is 48.3. The number of aryl methyl sites for hydroxylation is 2. The molecule has 1 N–H and O–H groups in total. The van der Waals surface area contributed by atoms with Crippen LogP contribution in [0.5, 0.6) is 11.5 Å². The summed E-state index contributed by atoms with van der Waals surface area (Å²) >= 11 is 0. The first-order valence-electron chi connectivity index (χ1n) is 22.9. The van der Waals surface area contributed by atoms with E-state index in [1.54, 1.807) is 0 Å². The van der Waals surface area contributed by atoms with Gasteiger partial charge in [0.05, 0.1) is 5.69 Å². The first-order chi connectivity index (χ1) is 30.5. The minimum atomic E-state index is -0.0604. The van der Waals surface area contributed by atoms with E-state index in [9.17, 15) is 0 Å². The van der Waals surface area contributed by atoms with Gasteiger partial charge in [-0.1, -0.05) is 143 Å². The Morgan fingerprint density at radius 3 is 1.85 bits per heavy atom. The number of benzene rings is 6. The second-order valence-corrected chi connectivity index (χ2v) is 21.9. The number of anilines is 4. The largest absolute Gasteiger partial charge is 0.516 e. The SMILES string of the molecule is [CH2-]N(c1[c-]c(Oc2[c-]c3c(c(-c4c(C)cccc4C)c2)c2ccccc2n3-c2cc(C(C)(C)C)ccn2)ccc1)c1ccc(C(C)(C)C)cc1Nc1cc(C(C)(C)C)cc(C(C)(C)C)c1.[Pt]. The molecule has 8 rings (SSSR count). The Morgan fingerprint density at radius 2 is 1.21 bits per heavy atom. The molecule has 344 valence electrons. The molecule has 2 aromatic heterocycles. The number of nitrogens with one attached hydrogen (secondary N) is 1. The second-order valence-electron chi connectivity index (χ2n) is 21.9. The summed E-state index contributed by atoms with van der Waals surface area (Å²) < 4.78 is 9.12.